The molecule has 0 fully saturated rings. The smallest absolute Gasteiger partial charge is 0.0110 e. The van der Waals surface area contributed by atoms with E-state index in [4.69, 9.17) is 28.7 Å². The van der Waals surface area contributed by atoms with Gasteiger partial charge in [0.1, 0.15) is 0 Å². The Hall–Kier alpha value is -0.440. The predicted octanol–water partition coefficient (Wildman–Crippen LogP) is -2.40. The van der Waals surface area contributed by atoms with Gasteiger partial charge in [-0.2, -0.15) is 0 Å². The highest BCUT2D eigenvalue weighted by molar-refractivity contribution is 4.71. The monoisotopic (exact) mass is 520 g/mol. The summed E-state index contributed by atoms with van der Waals surface area (Å²) in [5, 5.41) is 6.93. The van der Waals surface area contributed by atoms with Crippen LogP contribution >= 0.6 is 0 Å². The zero-order valence-corrected chi connectivity index (χ0v) is 24.2. The molecule has 12 N–H and O–H groups in total. The molecule has 0 bridgehead atoms. The number of hydrogen-bond donors (Lipinski definition) is 7. The van der Waals surface area contributed by atoms with Gasteiger partial charge in [0.15, 0.2) is 0 Å². The highest BCUT2D eigenvalue weighted by atomic mass is 15.2. The van der Waals surface area contributed by atoms with Crippen molar-refractivity contribution in [1.29, 1.82) is 0 Å². The van der Waals surface area contributed by atoms with Gasteiger partial charge in [-0.25, -0.2) is 0 Å². The third kappa shape index (κ3) is 23.9. The second-order valence-corrected chi connectivity index (χ2v) is 8.81. The number of rotatable bonds is 27. The molecule has 0 saturated carbocycles. The zero-order chi connectivity index (χ0) is 27.3. The minimum atomic E-state index is 0.660. The standard InChI is InChI=1S/C23H59N11.C2H6/c1-2-8-29-10-16-32(14-6-27)19-22-34(17-11-30-9-3-24)23-21-33(15-7-28)20-18-31(12-4-25)13-5-26;1-2/h29-30H,2-28H2,1H3;1-2H3. The van der Waals surface area contributed by atoms with Crippen molar-refractivity contribution in [2.45, 2.75) is 27.2 Å². The van der Waals surface area contributed by atoms with Crippen molar-refractivity contribution >= 4 is 0 Å². The lowest BCUT2D eigenvalue weighted by molar-refractivity contribution is 0.165. The molecule has 0 atom stereocenters. The number of nitrogens with one attached hydrogen (secondary N) is 2. The highest BCUT2D eigenvalue weighted by Gasteiger charge is 2.13. The van der Waals surface area contributed by atoms with Crippen LogP contribution in [0.2, 0.25) is 0 Å². The summed E-state index contributed by atoms with van der Waals surface area (Å²) < 4.78 is 0. The quantitative estimate of drug-likeness (QED) is 0.0578. The molecule has 11 nitrogen and oxygen atoms in total. The van der Waals surface area contributed by atoms with Crippen LogP contribution in [0.15, 0.2) is 0 Å². The molecule has 0 aromatic heterocycles. The molecule has 11 heteroatoms. The molecule has 0 heterocycles. The molecule has 0 aliphatic rings. The number of hydrogen-bond acceptors (Lipinski definition) is 11. The molecular formula is C25H65N11. The summed E-state index contributed by atoms with van der Waals surface area (Å²) >= 11 is 0. The maximum absolute atomic E-state index is 5.92. The van der Waals surface area contributed by atoms with Gasteiger partial charge in [0.25, 0.3) is 0 Å². The molecule has 36 heavy (non-hydrogen) atoms. The molecular weight excluding hydrogens is 454 g/mol. The van der Waals surface area contributed by atoms with Crippen molar-refractivity contribution in [2.75, 3.05) is 137 Å². The first-order chi connectivity index (χ1) is 17.6. The van der Waals surface area contributed by atoms with E-state index in [1.807, 2.05) is 13.8 Å². The molecule has 220 valence electrons. The molecule has 0 aromatic rings. The lowest BCUT2D eigenvalue weighted by Crippen LogP contribution is -2.46. The van der Waals surface area contributed by atoms with Crippen LogP contribution in [0.3, 0.4) is 0 Å². The molecule has 0 aliphatic heterocycles. The van der Waals surface area contributed by atoms with Crippen molar-refractivity contribution in [2.24, 2.45) is 28.7 Å². The first-order valence-corrected chi connectivity index (χ1v) is 14.5. The van der Waals surface area contributed by atoms with Crippen molar-refractivity contribution in [3.63, 3.8) is 0 Å². The van der Waals surface area contributed by atoms with Crippen LogP contribution in [0.5, 0.6) is 0 Å². The molecule has 0 radical (unpaired) electrons. The molecule has 0 amide bonds. The highest BCUT2D eigenvalue weighted by Crippen LogP contribution is 1.97. The fraction of sp³-hybridized carbons (Fsp3) is 1.00. The van der Waals surface area contributed by atoms with E-state index in [2.05, 4.69) is 37.2 Å². The zero-order valence-electron chi connectivity index (χ0n) is 24.2. The summed E-state index contributed by atoms with van der Waals surface area (Å²) in [6.07, 6.45) is 1.16. The van der Waals surface area contributed by atoms with Crippen LogP contribution in [0.1, 0.15) is 27.2 Å². The van der Waals surface area contributed by atoms with Crippen LogP contribution in [0, 0.1) is 0 Å². The Morgan fingerprint density at radius 3 is 1.03 bits per heavy atom. The van der Waals surface area contributed by atoms with Crippen molar-refractivity contribution in [1.82, 2.24) is 30.2 Å². The summed E-state index contributed by atoms with van der Waals surface area (Å²) in [4.78, 5) is 9.83. The van der Waals surface area contributed by atoms with E-state index in [-0.39, 0.29) is 0 Å². The van der Waals surface area contributed by atoms with Crippen LogP contribution in [0.4, 0.5) is 0 Å². The SMILES string of the molecule is CC.CCCNCCN(CCN)CCN(CCNCCN)CCN(CCN)CCN(CCN)CCN. The van der Waals surface area contributed by atoms with Gasteiger partial charge in [-0.05, 0) is 13.0 Å². The minimum Gasteiger partial charge on any atom is -0.329 e. The number of nitrogens with two attached hydrogens (primary N) is 5. The second kappa shape index (κ2) is 30.8. The summed E-state index contributed by atoms with van der Waals surface area (Å²) in [7, 11) is 0. The van der Waals surface area contributed by atoms with E-state index >= 15 is 0 Å². The minimum absolute atomic E-state index is 0.660. The first-order valence-electron chi connectivity index (χ1n) is 14.5. The topological polar surface area (TPSA) is 167 Å². The van der Waals surface area contributed by atoms with Crippen molar-refractivity contribution < 1.29 is 0 Å². The lowest BCUT2D eigenvalue weighted by atomic mass is 10.3. The molecule has 0 saturated heterocycles. The average Bonchev–Trinajstić information content (AvgIpc) is 2.89. The van der Waals surface area contributed by atoms with Crippen molar-refractivity contribution in [3.8, 4) is 0 Å². The fourth-order valence-electron chi connectivity index (χ4n) is 3.92. The Labute approximate surface area is 223 Å². The van der Waals surface area contributed by atoms with E-state index in [1.165, 1.54) is 0 Å². The van der Waals surface area contributed by atoms with E-state index in [0.29, 0.717) is 32.7 Å². The summed E-state index contributed by atoms with van der Waals surface area (Å²) in [5.74, 6) is 0. The third-order valence-corrected chi connectivity index (χ3v) is 5.94. The number of nitrogens with zero attached hydrogens (tertiary/aromatic N) is 4. The van der Waals surface area contributed by atoms with Gasteiger partial charge in [0.2, 0.25) is 0 Å². The summed E-state index contributed by atoms with van der Waals surface area (Å²) in [5.41, 5.74) is 29.0. The van der Waals surface area contributed by atoms with Crippen LogP contribution < -0.4 is 39.3 Å². The summed E-state index contributed by atoms with van der Waals surface area (Å²) in [6.45, 7) is 25.1. The maximum Gasteiger partial charge on any atom is 0.0110 e. The molecule has 0 rings (SSSR count). The van der Waals surface area contributed by atoms with Gasteiger partial charge in [-0.1, -0.05) is 20.8 Å². The molecule has 0 spiro atoms. The maximum atomic E-state index is 5.92. The average molecular weight is 520 g/mol. The van der Waals surface area contributed by atoms with E-state index in [0.717, 1.165) is 111 Å². The van der Waals surface area contributed by atoms with Crippen LogP contribution in [-0.2, 0) is 0 Å². The van der Waals surface area contributed by atoms with Gasteiger partial charge in [-0.15, -0.1) is 0 Å². The first kappa shape index (κ1) is 37.7. The van der Waals surface area contributed by atoms with E-state index in [9.17, 15) is 0 Å². The van der Waals surface area contributed by atoms with Gasteiger partial charge in [-0.3, -0.25) is 19.6 Å². The Morgan fingerprint density at radius 2 is 0.694 bits per heavy atom. The molecule has 0 unspecified atom stereocenters. The van der Waals surface area contributed by atoms with Gasteiger partial charge < -0.3 is 39.3 Å². The Balaban J connectivity index is 0. The van der Waals surface area contributed by atoms with Crippen LogP contribution in [0.25, 0.3) is 0 Å². The Morgan fingerprint density at radius 1 is 0.389 bits per heavy atom. The second-order valence-electron chi connectivity index (χ2n) is 8.81. The Bertz CT molecular complexity index is 398. The fourth-order valence-corrected chi connectivity index (χ4v) is 3.92. The lowest BCUT2D eigenvalue weighted by Gasteiger charge is -2.31. The predicted molar refractivity (Wildman–Crippen MR) is 158 cm³/mol. The van der Waals surface area contributed by atoms with E-state index < -0.39 is 0 Å². The molecule has 0 aliphatic carbocycles. The molecule has 0 aromatic carbocycles. The van der Waals surface area contributed by atoms with Crippen LogP contribution in [-0.4, -0.2) is 157 Å². The Kier molecular flexibility index (Phi) is 32.2. The largest absolute Gasteiger partial charge is 0.329 e. The third-order valence-electron chi connectivity index (χ3n) is 5.94. The van der Waals surface area contributed by atoms with Crippen molar-refractivity contribution in [3.05, 3.63) is 0 Å². The normalized spacial score (nSPS) is 11.7. The summed E-state index contributed by atoms with van der Waals surface area (Å²) in [6, 6.07) is 0. The van der Waals surface area contributed by atoms with Gasteiger partial charge >= 0.3 is 0 Å². The van der Waals surface area contributed by atoms with Gasteiger partial charge in [0.05, 0.1) is 0 Å². The van der Waals surface area contributed by atoms with Gasteiger partial charge in [0, 0.05) is 131 Å². The van der Waals surface area contributed by atoms with E-state index in [1.54, 1.807) is 0 Å².